The zero-order chi connectivity index (χ0) is 21.1. The average molecular weight is 445 g/mol. The minimum absolute atomic E-state index is 0.0316. The number of nitro groups is 1. The molecule has 1 amide bonds. The smallest absolute Gasteiger partial charge is 0.300 e. The number of amides is 1. The minimum atomic E-state index is -3.12. The first-order valence-electron chi connectivity index (χ1n) is 7.91. The fourth-order valence-electron chi connectivity index (χ4n) is 2.62. The van der Waals surface area contributed by atoms with Gasteiger partial charge < -0.3 is 5.11 Å². The largest absolute Gasteiger partial charge is 0.481 e. The van der Waals surface area contributed by atoms with Gasteiger partial charge in [-0.3, -0.25) is 24.6 Å². The topological polar surface area (TPSA) is 135 Å². The van der Waals surface area contributed by atoms with Gasteiger partial charge in [0.15, 0.2) is 9.84 Å². The van der Waals surface area contributed by atoms with E-state index in [1.807, 2.05) is 0 Å². The fourth-order valence-corrected chi connectivity index (χ4v) is 5.72. The molecule has 1 aromatic carbocycles. The van der Waals surface area contributed by atoms with Gasteiger partial charge in [0.25, 0.3) is 17.6 Å². The van der Waals surface area contributed by atoms with Gasteiger partial charge in [-0.1, -0.05) is 24.0 Å². The third-order valence-electron chi connectivity index (χ3n) is 3.80. The van der Waals surface area contributed by atoms with Crippen LogP contribution in [0.5, 0.6) is 0 Å². The van der Waals surface area contributed by atoms with Crippen LogP contribution in [0.1, 0.15) is 18.9 Å². The molecular formula is C16H16N2O7S3. The number of carbonyl (C=O) groups is 2. The van der Waals surface area contributed by atoms with E-state index < -0.39 is 26.8 Å². The van der Waals surface area contributed by atoms with E-state index in [1.54, 1.807) is 18.2 Å². The van der Waals surface area contributed by atoms with Crippen molar-refractivity contribution in [3.8, 4) is 0 Å². The number of aliphatic carboxylic acids is 1. The summed E-state index contributed by atoms with van der Waals surface area (Å²) >= 11 is 6.33. The number of sulfone groups is 1. The molecule has 2 saturated heterocycles. The zero-order valence-electron chi connectivity index (χ0n) is 14.6. The van der Waals surface area contributed by atoms with Gasteiger partial charge in [0.1, 0.15) is 4.32 Å². The molecule has 3 rings (SSSR count). The Kier molecular flexibility index (Phi) is 6.91. The van der Waals surface area contributed by atoms with Crippen LogP contribution in [0.2, 0.25) is 0 Å². The van der Waals surface area contributed by atoms with E-state index in [0.29, 0.717) is 21.2 Å². The molecule has 0 spiro atoms. The van der Waals surface area contributed by atoms with Gasteiger partial charge >= 0.3 is 0 Å². The van der Waals surface area contributed by atoms with E-state index in [2.05, 4.69) is 0 Å². The second-order valence-electron chi connectivity index (χ2n) is 5.98. The lowest BCUT2D eigenvalue weighted by Gasteiger charge is -2.20. The van der Waals surface area contributed by atoms with E-state index >= 15 is 0 Å². The molecule has 28 heavy (non-hydrogen) atoms. The van der Waals surface area contributed by atoms with Crippen LogP contribution >= 0.6 is 24.0 Å². The summed E-state index contributed by atoms with van der Waals surface area (Å²) in [5, 5.41) is 18.1. The molecule has 9 nitrogen and oxygen atoms in total. The van der Waals surface area contributed by atoms with E-state index in [4.69, 9.17) is 22.1 Å². The maximum atomic E-state index is 12.5. The van der Waals surface area contributed by atoms with Crippen LogP contribution in [0.15, 0.2) is 29.2 Å². The van der Waals surface area contributed by atoms with Crippen LogP contribution in [0.4, 0.5) is 5.69 Å². The summed E-state index contributed by atoms with van der Waals surface area (Å²) in [6, 6.07) is 5.40. The molecule has 2 heterocycles. The van der Waals surface area contributed by atoms with Crippen molar-refractivity contribution in [2.75, 3.05) is 11.5 Å². The minimum Gasteiger partial charge on any atom is -0.481 e. The zero-order valence-corrected chi connectivity index (χ0v) is 17.1. The lowest BCUT2D eigenvalue weighted by Crippen LogP contribution is -2.39. The Morgan fingerprint density at radius 2 is 1.96 bits per heavy atom. The first-order chi connectivity index (χ1) is 13.0. The SMILES string of the molecule is CC(=O)O.O=C1/C(=C\c2ccc([N+](=O)[O-])cc2)SC(=S)N1C1CCS(=O)(=O)C1. The highest BCUT2D eigenvalue weighted by atomic mass is 32.2. The third kappa shape index (κ3) is 5.59. The van der Waals surface area contributed by atoms with Crippen molar-refractivity contribution >= 4 is 61.8 Å². The number of carboxylic acids is 1. The molecule has 12 heteroatoms. The maximum absolute atomic E-state index is 12.5. The summed E-state index contributed by atoms with van der Waals surface area (Å²) in [5.41, 5.74) is 0.607. The number of carboxylic acid groups (broad SMARTS) is 1. The monoisotopic (exact) mass is 444 g/mol. The molecule has 2 aliphatic heterocycles. The number of nitrogens with zero attached hydrogens (tertiary/aromatic N) is 2. The summed E-state index contributed by atoms with van der Waals surface area (Å²) in [4.78, 5) is 33.5. The second-order valence-corrected chi connectivity index (χ2v) is 9.88. The molecule has 1 aromatic rings. The highest BCUT2D eigenvalue weighted by Gasteiger charge is 2.42. The van der Waals surface area contributed by atoms with Crippen molar-refractivity contribution in [2.24, 2.45) is 0 Å². The summed E-state index contributed by atoms with van der Waals surface area (Å²) in [5.74, 6) is -1.15. The summed E-state index contributed by atoms with van der Waals surface area (Å²) in [7, 11) is -3.12. The Bertz CT molecular complexity index is 951. The van der Waals surface area contributed by atoms with E-state index in [-0.39, 0.29) is 23.1 Å². The molecule has 150 valence electrons. The first kappa shape index (κ1) is 22.0. The van der Waals surface area contributed by atoms with E-state index in [1.165, 1.54) is 17.0 Å². The van der Waals surface area contributed by atoms with Gasteiger partial charge in [-0.05, 0) is 30.2 Å². The van der Waals surface area contributed by atoms with E-state index in [9.17, 15) is 23.3 Å². The molecule has 0 bridgehead atoms. The number of thioether (sulfide) groups is 1. The highest BCUT2D eigenvalue weighted by Crippen LogP contribution is 2.36. The number of nitro benzene ring substituents is 1. The van der Waals surface area contributed by atoms with Gasteiger partial charge in [-0.15, -0.1) is 0 Å². The van der Waals surface area contributed by atoms with Crippen molar-refractivity contribution in [1.29, 1.82) is 0 Å². The number of hydrogen-bond donors (Lipinski definition) is 1. The highest BCUT2D eigenvalue weighted by molar-refractivity contribution is 8.26. The van der Waals surface area contributed by atoms with Crippen molar-refractivity contribution < 1.29 is 28.0 Å². The summed E-state index contributed by atoms with van der Waals surface area (Å²) in [6.45, 7) is 1.08. The van der Waals surface area contributed by atoms with Gasteiger partial charge in [0.2, 0.25) is 0 Å². The fraction of sp³-hybridized carbons (Fsp3) is 0.312. The van der Waals surface area contributed by atoms with Crippen LogP contribution in [0.25, 0.3) is 6.08 Å². The number of carbonyl (C=O) groups excluding carboxylic acids is 1. The molecule has 1 unspecified atom stereocenters. The van der Waals surface area contributed by atoms with Crippen LogP contribution in [-0.2, 0) is 19.4 Å². The number of rotatable bonds is 3. The molecule has 1 N–H and O–H groups in total. The Hall–Kier alpha value is -2.31. The molecule has 1 atom stereocenters. The van der Waals surface area contributed by atoms with E-state index in [0.717, 1.165) is 18.7 Å². The van der Waals surface area contributed by atoms with Crippen molar-refractivity contribution in [3.05, 3.63) is 44.8 Å². The van der Waals surface area contributed by atoms with Gasteiger partial charge in [0, 0.05) is 19.1 Å². The molecule has 0 aliphatic carbocycles. The lowest BCUT2D eigenvalue weighted by molar-refractivity contribution is -0.384. The quantitative estimate of drug-likeness (QED) is 0.322. The summed E-state index contributed by atoms with van der Waals surface area (Å²) in [6.07, 6.45) is 1.99. The Morgan fingerprint density at radius 1 is 1.39 bits per heavy atom. The lowest BCUT2D eigenvalue weighted by atomic mass is 10.2. The van der Waals surface area contributed by atoms with Crippen molar-refractivity contribution in [1.82, 2.24) is 4.90 Å². The molecule has 2 fully saturated rings. The predicted molar refractivity (Wildman–Crippen MR) is 108 cm³/mol. The number of hydrogen-bond acceptors (Lipinski definition) is 8. The third-order valence-corrected chi connectivity index (χ3v) is 6.88. The van der Waals surface area contributed by atoms with Crippen LogP contribution < -0.4 is 0 Å². The molecule has 0 saturated carbocycles. The Labute approximate surface area is 170 Å². The number of benzene rings is 1. The number of non-ortho nitro benzene ring substituents is 1. The molecule has 0 radical (unpaired) electrons. The standard InChI is InChI=1S/C14H12N2O5S3.C2H4O2/c17-13-12(7-9-1-3-10(4-2-9)16(18)19)23-14(22)15(13)11-5-6-24(20,21)8-11;1-2(3)4/h1-4,7,11H,5-6,8H2;1H3,(H,3,4)/b12-7+;. The van der Waals surface area contributed by atoms with Gasteiger partial charge in [0.05, 0.1) is 27.4 Å². The summed E-state index contributed by atoms with van der Waals surface area (Å²) < 4.78 is 23.6. The average Bonchev–Trinajstić information content (AvgIpc) is 3.06. The van der Waals surface area contributed by atoms with Crippen molar-refractivity contribution in [2.45, 2.75) is 19.4 Å². The second kappa shape index (κ2) is 8.80. The first-order valence-corrected chi connectivity index (χ1v) is 11.0. The molecule has 2 aliphatic rings. The van der Waals surface area contributed by atoms with Crippen molar-refractivity contribution in [3.63, 3.8) is 0 Å². The van der Waals surface area contributed by atoms with Crippen LogP contribution in [0, 0.1) is 10.1 Å². The maximum Gasteiger partial charge on any atom is 0.300 e. The normalized spacial score (nSPS) is 22.1. The molecular weight excluding hydrogens is 428 g/mol. The van der Waals surface area contributed by atoms with Crippen LogP contribution in [-0.4, -0.2) is 57.1 Å². The molecule has 0 aromatic heterocycles. The van der Waals surface area contributed by atoms with Gasteiger partial charge in [-0.2, -0.15) is 0 Å². The predicted octanol–water partition coefficient (Wildman–Crippen LogP) is 2.07. The van der Waals surface area contributed by atoms with Gasteiger partial charge in [-0.25, -0.2) is 8.42 Å². The van der Waals surface area contributed by atoms with Crippen LogP contribution in [0.3, 0.4) is 0 Å². The number of thiocarbonyl (C=S) groups is 1. The Balaban J connectivity index is 0.000000640. The Morgan fingerprint density at radius 3 is 2.43 bits per heavy atom.